The summed E-state index contributed by atoms with van der Waals surface area (Å²) in [6.45, 7) is 0. The molecule has 0 saturated carbocycles. The summed E-state index contributed by atoms with van der Waals surface area (Å²) in [6, 6.07) is 12.0. The maximum Gasteiger partial charge on any atom is 0.261 e. The number of phenols is 1. The molecule has 3 aromatic rings. The highest BCUT2D eigenvalue weighted by molar-refractivity contribution is 7.22. The first-order valence-electron chi connectivity index (χ1n) is 5.79. The number of nitrogens with zero attached hydrogens (tertiary/aromatic N) is 1. The molecule has 0 atom stereocenters. The van der Waals surface area contributed by atoms with Crippen molar-refractivity contribution in [2.24, 2.45) is 0 Å². The second-order valence-electron chi connectivity index (χ2n) is 4.10. The Labute approximate surface area is 123 Å². The fraction of sp³-hybridized carbons (Fsp3) is 0. The minimum atomic E-state index is -0.418. The molecule has 6 heteroatoms. The van der Waals surface area contributed by atoms with Crippen molar-refractivity contribution < 1.29 is 9.90 Å². The molecule has 0 aliphatic heterocycles. The normalized spacial score (nSPS) is 10.7. The molecule has 4 nitrogen and oxygen atoms in total. The van der Waals surface area contributed by atoms with Crippen molar-refractivity contribution in [1.82, 2.24) is 4.98 Å². The molecule has 2 aromatic carbocycles. The van der Waals surface area contributed by atoms with Gasteiger partial charge in [-0.15, -0.1) is 0 Å². The molecule has 1 heterocycles. The van der Waals surface area contributed by atoms with E-state index in [9.17, 15) is 9.90 Å². The molecule has 100 valence electrons. The number of aromatic nitrogens is 1. The van der Waals surface area contributed by atoms with E-state index >= 15 is 0 Å². The van der Waals surface area contributed by atoms with Gasteiger partial charge in [0.05, 0.1) is 15.8 Å². The summed E-state index contributed by atoms with van der Waals surface area (Å²) in [7, 11) is 0. The SMILES string of the molecule is O=C(Nc1nc2ccccc2s1)c1ccc(Cl)cc1O. The van der Waals surface area contributed by atoms with E-state index in [4.69, 9.17) is 11.6 Å². The van der Waals surface area contributed by atoms with Gasteiger partial charge in [0.1, 0.15) is 5.75 Å². The summed E-state index contributed by atoms with van der Waals surface area (Å²) >= 11 is 7.11. The number of phenolic OH excluding ortho intramolecular Hbond substituents is 1. The van der Waals surface area contributed by atoms with Gasteiger partial charge in [-0.1, -0.05) is 35.1 Å². The Kier molecular flexibility index (Phi) is 3.30. The monoisotopic (exact) mass is 304 g/mol. The number of nitrogens with one attached hydrogen (secondary N) is 1. The summed E-state index contributed by atoms with van der Waals surface area (Å²) in [5, 5.41) is 13.3. The number of fused-ring (bicyclic) bond motifs is 1. The number of thiazole rings is 1. The Bertz CT molecular complexity index is 768. The molecule has 0 bridgehead atoms. The van der Waals surface area contributed by atoms with E-state index in [1.807, 2.05) is 24.3 Å². The zero-order chi connectivity index (χ0) is 14.1. The standard InChI is InChI=1S/C14H9ClN2O2S/c15-8-5-6-9(11(18)7-8)13(19)17-14-16-10-3-1-2-4-12(10)20-14/h1-7,18H,(H,16,17,19). The lowest BCUT2D eigenvalue weighted by Gasteiger charge is -2.04. The number of hydrogen-bond acceptors (Lipinski definition) is 4. The van der Waals surface area contributed by atoms with Crippen molar-refractivity contribution >= 4 is 44.2 Å². The zero-order valence-corrected chi connectivity index (χ0v) is 11.7. The van der Waals surface area contributed by atoms with Crippen molar-refractivity contribution in [3.8, 4) is 5.75 Å². The third-order valence-electron chi connectivity index (χ3n) is 2.72. The fourth-order valence-electron chi connectivity index (χ4n) is 1.79. The van der Waals surface area contributed by atoms with Gasteiger partial charge in [0.15, 0.2) is 5.13 Å². The number of hydrogen-bond donors (Lipinski definition) is 2. The number of rotatable bonds is 2. The molecule has 0 radical (unpaired) electrons. The Hall–Kier alpha value is -2.11. The number of anilines is 1. The molecule has 0 aliphatic carbocycles. The average molecular weight is 305 g/mol. The van der Waals surface area contributed by atoms with Gasteiger partial charge in [-0.05, 0) is 30.3 Å². The molecule has 20 heavy (non-hydrogen) atoms. The second kappa shape index (κ2) is 5.11. The number of carbonyl (C=O) groups excluding carboxylic acids is 1. The maximum atomic E-state index is 12.1. The van der Waals surface area contributed by atoms with Crippen LogP contribution in [0, 0.1) is 0 Å². The highest BCUT2D eigenvalue weighted by atomic mass is 35.5. The first-order valence-corrected chi connectivity index (χ1v) is 6.98. The van der Waals surface area contributed by atoms with Crippen LogP contribution in [-0.2, 0) is 0 Å². The molecule has 1 aromatic heterocycles. The van der Waals surface area contributed by atoms with Gasteiger partial charge in [0.2, 0.25) is 0 Å². The van der Waals surface area contributed by atoms with Crippen molar-refractivity contribution in [2.45, 2.75) is 0 Å². The minimum Gasteiger partial charge on any atom is -0.507 e. The smallest absolute Gasteiger partial charge is 0.261 e. The van der Waals surface area contributed by atoms with Gasteiger partial charge < -0.3 is 5.11 Å². The van der Waals surface area contributed by atoms with Crippen LogP contribution >= 0.6 is 22.9 Å². The van der Waals surface area contributed by atoms with E-state index in [1.165, 1.54) is 23.5 Å². The predicted molar refractivity (Wildman–Crippen MR) is 80.7 cm³/mol. The number of carbonyl (C=O) groups is 1. The van der Waals surface area contributed by atoms with Crippen LogP contribution in [0.5, 0.6) is 5.75 Å². The third-order valence-corrected chi connectivity index (χ3v) is 3.91. The van der Waals surface area contributed by atoms with Crippen LogP contribution in [0.15, 0.2) is 42.5 Å². The molecule has 3 rings (SSSR count). The van der Waals surface area contributed by atoms with Crippen molar-refractivity contribution in [3.05, 3.63) is 53.1 Å². The first-order chi connectivity index (χ1) is 9.63. The lowest BCUT2D eigenvalue weighted by molar-refractivity contribution is 0.102. The molecule has 0 spiro atoms. The summed E-state index contributed by atoms with van der Waals surface area (Å²) in [4.78, 5) is 16.4. The van der Waals surface area contributed by atoms with Crippen LogP contribution in [0.1, 0.15) is 10.4 Å². The number of benzene rings is 2. The van der Waals surface area contributed by atoms with Crippen LogP contribution in [0.25, 0.3) is 10.2 Å². The molecular formula is C14H9ClN2O2S. The van der Waals surface area contributed by atoms with Crippen molar-refractivity contribution in [1.29, 1.82) is 0 Å². The fourth-order valence-corrected chi connectivity index (χ4v) is 2.81. The van der Waals surface area contributed by atoms with Gasteiger partial charge in [-0.3, -0.25) is 10.1 Å². The van der Waals surface area contributed by atoms with Crippen molar-refractivity contribution in [2.75, 3.05) is 5.32 Å². The molecule has 0 unspecified atom stereocenters. The number of amides is 1. The van der Waals surface area contributed by atoms with Gasteiger partial charge in [-0.25, -0.2) is 4.98 Å². The summed E-state index contributed by atoms with van der Waals surface area (Å²) in [5.41, 5.74) is 0.988. The lowest BCUT2D eigenvalue weighted by atomic mass is 10.2. The van der Waals surface area contributed by atoms with E-state index in [2.05, 4.69) is 10.3 Å². The Morgan fingerprint density at radius 2 is 2.05 bits per heavy atom. The quantitative estimate of drug-likeness (QED) is 0.754. The van der Waals surface area contributed by atoms with Gasteiger partial charge in [0.25, 0.3) is 5.91 Å². The summed E-state index contributed by atoms with van der Waals surface area (Å²) < 4.78 is 0.989. The molecule has 1 amide bonds. The number of halogens is 1. The maximum absolute atomic E-state index is 12.1. The molecule has 0 aliphatic rings. The van der Waals surface area contributed by atoms with E-state index < -0.39 is 5.91 Å². The van der Waals surface area contributed by atoms with E-state index in [0.717, 1.165) is 10.2 Å². The van der Waals surface area contributed by atoms with Crippen LogP contribution in [0.3, 0.4) is 0 Å². The highest BCUT2D eigenvalue weighted by Crippen LogP contribution is 2.27. The topological polar surface area (TPSA) is 62.2 Å². The average Bonchev–Trinajstić information content (AvgIpc) is 2.80. The Balaban J connectivity index is 1.88. The molecule has 2 N–H and O–H groups in total. The van der Waals surface area contributed by atoms with Crippen LogP contribution < -0.4 is 5.32 Å². The van der Waals surface area contributed by atoms with Gasteiger partial charge >= 0.3 is 0 Å². The summed E-state index contributed by atoms with van der Waals surface area (Å²) in [6.07, 6.45) is 0. The van der Waals surface area contributed by atoms with Gasteiger partial charge in [-0.2, -0.15) is 0 Å². The van der Waals surface area contributed by atoms with Gasteiger partial charge in [0, 0.05) is 5.02 Å². The number of para-hydroxylation sites is 1. The minimum absolute atomic E-state index is 0.156. The zero-order valence-electron chi connectivity index (χ0n) is 10.1. The third kappa shape index (κ3) is 2.45. The Morgan fingerprint density at radius 1 is 1.25 bits per heavy atom. The van der Waals surface area contributed by atoms with Crippen LogP contribution in [0.4, 0.5) is 5.13 Å². The summed E-state index contributed by atoms with van der Waals surface area (Å²) in [5.74, 6) is -0.575. The van der Waals surface area contributed by atoms with E-state index in [0.29, 0.717) is 10.2 Å². The molecule has 0 fully saturated rings. The van der Waals surface area contributed by atoms with E-state index in [1.54, 1.807) is 6.07 Å². The molecular weight excluding hydrogens is 296 g/mol. The molecule has 0 saturated heterocycles. The number of aromatic hydroxyl groups is 1. The van der Waals surface area contributed by atoms with Crippen LogP contribution in [-0.4, -0.2) is 16.0 Å². The van der Waals surface area contributed by atoms with Crippen molar-refractivity contribution in [3.63, 3.8) is 0 Å². The lowest BCUT2D eigenvalue weighted by Crippen LogP contribution is -2.11. The predicted octanol–water partition coefficient (Wildman–Crippen LogP) is 3.91. The first kappa shape index (κ1) is 12.9. The van der Waals surface area contributed by atoms with E-state index in [-0.39, 0.29) is 11.3 Å². The largest absolute Gasteiger partial charge is 0.507 e. The van der Waals surface area contributed by atoms with Crippen LogP contribution in [0.2, 0.25) is 5.02 Å². The highest BCUT2D eigenvalue weighted by Gasteiger charge is 2.13. The Morgan fingerprint density at radius 3 is 2.80 bits per heavy atom. The second-order valence-corrected chi connectivity index (χ2v) is 5.57.